The van der Waals surface area contributed by atoms with Crippen molar-refractivity contribution >= 4 is 5.91 Å². The first kappa shape index (κ1) is 17.3. The molecule has 0 bridgehead atoms. The summed E-state index contributed by atoms with van der Waals surface area (Å²) in [5, 5.41) is 12.5. The number of carbonyl (C=O) groups is 1. The van der Waals surface area contributed by atoms with Gasteiger partial charge in [0.05, 0.1) is 0 Å². The van der Waals surface area contributed by atoms with Crippen molar-refractivity contribution in [1.29, 1.82) is 0 Å². The molecule has 0 fully saturated rings. The second kappa shape index (κ2) is 8.03. The van der Waals surface area contributed by atoms with E-state index in [1.165, 1.54) is 5.56 Å². The number of benzene rings is 2. The summed E-state index contributed by atoms with van der Waals surface area (Å²) in [7, 11) is 0. The van der Waals surface area contributed by atoms with Crippen molar-refractivity contribution in [3.05, 3.63) is 59.2 Å². The van der Waals surface area contributed by atoms with Crippen molar-refractivity contribution in [2.45, 2.75) is 13.3 Å². The molecule has 132 valence electrons. The smallest absolute Gasteiger partial charge is 0.251 e. The molecule has 1 aliphatic heterocycles. The molecule has 0 aliphatic carbocycles. The number of aliphatic hydroxyl groups excluding tert-OH is 1. The number of hydrogen-bond donors (Lipinski definition) is 2. The first-order valence-electron chi connectivity index (χ1n) is 8.50. The average Bonchev–Trinajstić information content (AvgIpc) is 2.66. The normalized spacial score (nSPS) is 14.0. The summed E-state index contributed by atoms with van der Waals surface area (Å²) in [6, 6.07) is 13.4. The summed E-state index contributed by atoms with van der Waals surface area (Å²) in [6.07, 6.45) is 0.720. The summed E-state index contributed by atoms with van der Waals surface area (Å²) in [5.41, 5.74) is 2.88. The highest BCUT2D eigenvalue weighted by Crippen LogP contribution is 2.30. The number of fused-ring (bicyclic) bond motifs is 1. The molecule has 2 aromatic carbocycles. The van der Waals surface area contributed by atoms with Crippen molar-refractivity contribution in [3.63, 3.8) is 0 Å². The molecule has 2 N–H and O–H groups in total. The molecule has 5 nitrogen and oxygen atoms in total. The third-order valence-corrected chi connectivity index (χ3v) is 4.26. The lowest BCUT2D eigenvalue weighted by molar-refractivity contribution is 0.0938. The maximum atomic E-state index is 12.4. The molecule has 1 aliphatic rings. The molecule has 0 aromatic heterocycles. The highest BCUT2D eigenvalue weighted by molar-refractivity contribution is 5.94. The van der Waals surface area contributed by atoms with Gasteiger partial charge in [-0.25, -0.2) is 0 Å². The molecule has 1 amide bonds. The fraction of sp³-hybridized carbons (Fsp3) is 0.350. The van der Waals surface area contributed by atoms with Crippen LogP contribution in [0.15, 0.2) is 42.5 Å². The Kier molecular flexibility index (Phi) is 5.56. The van der Waals surface area contributed by atoms with Gasteiger partial charge in [-0.15, -0.1) is 0 Å². The minimum atomic E-state index is -0.181. The highest BCUT2D eigenvalue weighted by atomic mass is 16.6. The lowest BCUT2D eigenvalue weighted by Gasteiger charge is -2.19. The van der Waals surface area contributed by atoms with Gasteiger partial charge in [-0.2, -0.15) is 0 Å². The van der Waals surface area contributed by atoms with Crippen molar-refractivity contribution in [1.82, 2.24) is 5.32 Å². The summed E-state index contributed by atoms with van der Waals surface area (Å²) in [4.78, 5) is 12.4. The van der Waals surface area contributed by atoms with Gasteiger partial charge < -0.3 is 19.9 Å². The molecule has 1 atom stereocenters. The molecule has 0 saturated carbocycles. The Labute approximate surface area is 147 Å². The topological polar surface area (TPSA) is 67.8 Å². The maximum Gasteiger partial charge on any atom is 0.251 e. The Bertz CT molecular complexity index is 727. The summed E-state index contributed by atoms with van der Waals surface area (Å²) in [6.45, 7) is 3.49. The van der Waals surface area contributed by atoms with Crippen molar-refractivity contribution in [3.8, 4) is 11.5 Å². The lowest BCUT2D eigenvalue weighted by Crippen LogP contribution is -2.32. The first-order chi connectivity index (χ1) is 12.2. The van der Waals surface area contributed by atoms with Crippen molar-refractivity contribution in [2.75, 3.05) is 26.4 Å². The first-order valence-corrected chi connectivity index (χ1v) is 8.50. The van der Waals surface area contributed by atoms with Crippen LogP contribution in [0.3, 0.4) is 0 Å². The SMILES string of the molecule is Cc1ccc(C[C@H](CO)CNC(=O)c2ccc3c(c2)OCCO3)cc1. The van der Waals surface area contributed by atoms with Crippen LogP contribution in [0.1, 0.15) is 21.5 Å². The van der Waals surface area contributed by atoms with Gasteiger partial charge in [-0.3, -0.25) is 4.79 Å². The van der Waals surface area contributed by atoms with E-state index in [0.717, 1.165) is 12.0 Å². The Morgan fingerprint density at radius 1 is 1.12 bits per heavy atom. The summed E-state index contributed by atoms with van der Waals surface area (Å²) >= 11 is 0. The van der Waals surface area contributed by atoms with E-state index in [9.17, 15) is 9.90 Å². The molecular formula is C20H23NO4. The number of rotatable bonds is 6. The quantitative estimate of drug-likeness (QED) is 0.846. The third kappa shape index (κ3) is 4.51. The zero-order valence-corrected chi connectivity index (χ0v) is 14.3. The van der Waals surface area contributed by atoms with E-state index in [1.54, 1.807) is 18.2 Å². The fourth-order valence-electron chi connectivity index (χ4n) is 2.78. The number of hydrogen-bond acceptors (Lipinski definition) is 4. The number of carbonyl (C=O) groups excluding carboxylic acids is 1. The molecule has 1 heterocycles. The van der Waals surface area contributed by atoms with E-state index in [2.05, 4.69) is 29.6 Å². The monoisotopic (exact) mass is 341 g/mol. The maximum absolute atomic E-state index is 12.4. The number of aliphatic hydroxyl groups is 1. The molecule has 0 saturated heterocycles. The van der Waals surface area contributed by atoms with Crippen LogP contribution in [0.4, 0.5) is 0 Å². The lowest BCUT2D eigenvalue weighted by atomic mass is 9.99. The van der Waals surface area contributed by atoms with E-state index in [-0.39, 0.29) is 18.4 Å². The van der Waals surface area contributed by atoms with E-state index in [1.807, 2.05) is 6.92 Å². The van der Waals surface area contributed by atoms with Gasteiger partial charge in [-0.1, -0.05) is 29.8 Å². The fourth-order valence-corrected chi connectivity index (χ4v) is 2.78. The number of nitrogens with one attached hydrogen (secondary N) is 1. The minimum Gasteiger partial charge on any atom is -0.486 e. The second-order valence-corrected chi connectivity index (χ2v) is 6.31. The number of ether oxygens (including phenoxy) is 2. The molecule has 0 spiro atoms. The van der Waals surface area contributed by atoms with Gasteiger partial charge in [-0.05, 0) is 37.1 Å². The number of amides is 1. The van der Waals surface area contributed by atoms with Crippen LogP contribution in [0.5, 0.6) is 11.5 Å². The van der Waals surface area contributed by atoms with Gasteiger partial charge in [0.25, 0.3) is 5.91 Å². The predicted octanol–water partition coefficient (Wildman–Crippen LogP) is 2.35. The molecule has 2 aromatic rings. The Balaban J connectivity index is 1.57. The van der Waals surface area contributed by atoms with E-state index < -0.39 is 0 Å². The standard InChI is InChI=1S/C20H23NO4/c1-14-2-4-15(5-3-14)10-16(13-22)12-21-20(23)17-6-7-18-19(11-17)25-9-8-24-18/h2-7,11,16,22H,8-10,12-13H2,1H3,(H,21,23)/t16-/m0/s1. The van der Waals surface area contributed by atoms with Gasteiger partial charge in [0.2, 0.25) is 0 Å². The van der Waals surface area contributed by atoms with Crippen LogP contribution in [0.25, 0.3) is 0 Å². The minimum absolute atomic E-state index is 0.0231. The Morgan fingerprint density at radius 2 is 1.84 bits per heavy atom. The van der Waals surface area contributed by atoms with E-state index in [4.69, 9.17) is 9.47 Å². The van der Waals surface area contributed by atoms with Crippen LogP contribution in [0, 0.1) is 12.8 Å². The van der Waals surface area contributed by atoms with Gasteiger partial charge >= 0.3 is 0 Å². The van der Waals surface area contributed by atoms with Gasteiger partial charge in [0, 0.05) is 24.6 Å². The molecule has 25 heavy (non-hydrogen) atoms. The van der Waals surface area contributed by atoms with E-state index >= 15 is 0 Å². The predicted molar refractivity (Wildman–Crippen MR) is 95.2 cm³/mol. The van der Waals surface area contributed by atoms with E-state index in [0.29, 0.717) is 36.8 Å². The zero-order valence-electron chi connectivity index (χ0n) is 14.3. The Morgan fingerprint density at radius 3 is 2.56 bits per heavy atom. The van der Waals surface area contributed by atoms with Crippen LogP contribution >= 0.6 is 0 Å². The van der Waals surface area contributed by atoms with Crippen LogP contribution < -0.4 is 14.8 Å². The van der Waals surface area contributed by atoms with Gasteiger partial charge in [0.1, 0.15) is 13.2 Å². The zero-order chi connectivity index (χ0) is 17.6. The highest BCUT2D eigenvalue weighted by Gasteiger charge is 2.16. The average molecular weight is 341 g/mol. The van der Waals surface area contributed by atoms with Crippen molar-refractivity contribution < 1.29 is 19.4 Å². The molecule has 0 radical (unpaired) electrons. The summed E-state index contributed by atoms with van der Waals surface area (Å²) < 4.78 is 11.0. The van der Waals surface area contributed by atoms with Crippen molar-refractivity contribution in [2.24, 2.45) is 5.92 Å². The Hall–Kier alpha value is -2.53. The van der Waals surface area contributed by atoms with Crippen LogP contribution in [-0.2, 0) is 6.42 Å². The molecule has 0 unspecified atom stereocenters. The van der Waals surface area contributed by atoms with Crippen LogP contribution in [-0.4, -0.2) is 37.4 Å². The third-order valence-electron chi connectivity index (χ3n) is 4.26. The summed E-state index contributed by atoms with van der Waals surface area (Å²) in [5.74, 6) is 1.05. The molecule has 5 heteroatoms. The largest absolute Gasteiger partial charge is 0.486 e. The second-order valence-electron chi connectivity index (χ2n) is 6.31. The van der Waals surface area contributed by atoms with Gasteiger partial charge in [0.15, 0.2) is 11.5 Å². The number of aryl methyl sites for hydroxylation is 1. The molecular weight excluding hydrogens is 318 g/mol. The molecule has 3 rings (SSSR count). The van der Waals surface area contributed by atoms with Crippen LogP contribution in [0.2, 0.25) is 0 Å².